The molecule has 1 heterocycles. The van der Waals surface area contributed by atoms with Gasteiger partial charge in [-0.1, -0.05) is 74.9 Å². The summed E-state index contributed by atoms with van der Waals surface area (Å²) in [5, 5.41) is 0. The number of hydrogen-bond donors (Lipinski definition) is 0. The Morgan fingerprint density at radius 2 is 1.30 bits per heavy atom. The highest BCUT2D eigenvalue weighted by molar-refractivity contribution is 5.73. The second kappa shape index (κ2) is 10.7. The van der Waals surface area contributed by atoms with Crippen molar-refractivity contribution in [3.05, 3.63) is 59.7 Å². The minimum atomic E-state index is -0.112. The molecule has 0 atom stereocenters. The molecule has 2 saturated carbocycles. The van der Waals surface area contributed by atoms with Crippen molar-refractivity contribution in [1.82, 2.24) is 4.90 Å². The molecular formula is C29H37NO3. The Labute approximate surface area is 198 Å². The predicted octanol–water partition coefficient (Wildman–Crippen LogP) is 6.82. The molecule has 2 aromatic carbocycles. The molecule has 0 saturated heterocycles. The van der Waals surface area contributed by atoms with E-state index in [0.29, 0.717) is 25.1 Å². The van der Waals surface area contributed by atoms with Gasteiger partial charge in [0.25, 0.3) is 0 Å². The number of hydrogen-bond acceptors (Lipinski definition) is 4. The van der Waals surface area contributed by atoms with E-state index in [9.17, 15) is 4.79 Å². The zero-order valence-corrected chi connectivity index (χ0v) is 19.7. The monoisotopic (exact) mass is 447 g/mol. The number of esters is 1. The number of para-hydroxylation sites is 2. The van der Waals surface area contributed by atoms with Crippen LogP contribution in [-0.4, -0.2) is 36.1 Å². The van der Waals surface area contributed by atoms with E-state index in [1.54, 1.807) is 0 Å². The Balaban J connectivity index is 1.22. The van der Waals surface area contributed by atoms with Crippen LogP contribution in [0.15, 0.2) is 48.5 Å². The minimum absolute atomic E-state index is 0.0218. The van der Waals surface area contributed by atoms with Crippen molar-refractivity contribution in [2.24, 2.45) is 0 Å². The quantitative estimate of drug-likeness (QED) is 0.436. The first-order valence-corrected chi connectivity index (χ1v) is 13.1. The van der Waals surface area contributed by atoms with Crippen molar-refractivity contribution in [2.75, 3.05) is 13.2 Å². The maximum atomic E-state index is 13.0. The van der Waals surface area contributed by atoms with Gasteiger partial charge in [0.05, 0.1) is 6.42 Å². The number of benzene rings is 2. The predicted molar refractivity (Wildman–Crippen MR) is 131 cm³/mol. The molecular weight excluding hydrogens is 410 g/mol. The van der Waals surface area contributed by atoms with E-state index in [1.807, 2.05) is 36.4 Å². The van der Waals surface area contributed by atoms with Crippen LogP contribution >= 0.6 is 0 Å². The summed E-state index contributed by atoms with van der Waals surface area (Å²) in [4.78, 5) is 15.7. The van der Waals surface area contributed by atoms with E-state index < -0.39 is 0 Å². The standard InChI is InChI=1S/C29H37NO3/c31-29(21-26-24-15-7-9-17-27(24)33-28-18-10-8-16-25(26)28)32-20-19-30(22-11-3-1-4-12-22)23-13-5-2-6-14-23/h7-10,15-18,22-23,26H,1-6,11-14,19-21H2. The second-order valence-corrected chi connectivity index (χ2v) is 9.98. The minimum Gasteiger partial charge on any atom is -0.464 e. The summed E-state index contributed by atoms with van der Waals surface area (Å²) in [6.45, 7) is 1.38. The van der Waals surface area contributed by atoms with Gasteiger partial charge >= 0.3 is 5.97 Å². The average molecular weight is 448 g/mol. The lowest BCUT2D eigenvalue weighted by Gasteiger charge is -2.41. The van der Waals surface area contributed by atoms with Gasteiger partial charge in [0.1, 0.15) is 18.1 Å². The third-order valence-electron chi connectivity index (χ3n) is 7.88. The highest BCUT2D eigenvalue weighted by Gasteiger charge is 2.31. The van der Waals surface area contributed by atoms with Crippen molar-refractivity contribution in [3.63, 3.8) is 0 Å². The topological polar surface area (TPSA) is 38.8 Å². The van der Waals surface area contributed by atoms with E-state index >= 15 is 0 Å². The second-order valence-electron chi connectivity index (χ2n) is 9.98. The molecule has 5 rings (SSSR count). The Morgan fingerprint density at radius 1 is 0.788 bits per heavy atom. The summed E-state index contributed by atoms with van der Waals surface area (Å²) < 4.78 is 11.9. The number of carbonyl (C=O) groups is 1. The number of nitrogens with zero attached hydrogens (tertiary/aromatic N) is 1. The van der Waals surface area contributed by atoms with Crippen LogP contribution in [0.25, 0.3) is 0 Å². The van der Waals surface area contributed by atoms with E-state index in [-0.39, 0.29) is 11.9 Å². The molecule has 3 aliphatic rings. The van der Waals surface area contributed by atoms with Crippen LogP contribution < -0.4 is 4.74 Å². The van der Waals surface area contributed by atoms with Crippen molar-refractivity contribution < 1.29 is 14.3 Å². The van der Waals surface area contributed by atoms with Crippen LogP contribution in [0, 0.1) is 0 Å². The van der Waals surface area contributed by atoms with Gasteiger partial charge < -0.3 is 9.47 Å². The van der Waals surface area contributed by atoms with Gasteiger partial charge in [-0.15, -0.1) is 0 Å². The van der Waals surface area contributed by atoms with Crippen molar-refractivity contribution in [2.45, 2.75) is 88.6 Å². The van der Waals surface area contributed by atoms with E-state index in [2.05, 4.69) is 17.0 Å². The van der Waals surface area contributed by atoms with Crippen LogP contribution in [0.3, 0.4) is 0 Å². The summed E-state index contributed by atoms with van der Waals surface area (Å²) >= 11 is 0. The van der Waals surface area contributed by atoms with Gasteiger partial charge in [-0.05, 0) is 37.8 Å². The normalized spacial score (nSPS) is 19.5. The molecule has 176 valence electrons. The number of fused-ring (bicyclic) bond motifs is 2. The number of carbonyl (C=O) groups excluding carboxylic acids is 1. The van der Waals surface area contributed by atoms with Gasteiger partial charge in [0, 0.05) is 35.7 Å². The third-order valence-corrected chi connectivity index (χ3v) is 7.88. The lowest BCUT2D eigenvalue weighted by atomic mass is 9.85. The molecule has 33 heavy (non-hydrogen) atoms. The number of ether oxygens (including phenoxy) is 2. The summed E-state index contributed by atoms with van der Waals surface area (Å²) in [6.07, 6.45) is 13.7. The van der Waals surface area contributed by atoms with E-state index in [4.69, 9.17) is 9.47 Å². The molecule has 0 spiro atoms. The number of rotatable bonds is 7. The highest BCUT2D eigenvalue weighted by Crippen LogP contribution is 2.45. The Hall–Kier alpha value is -2.33. The van der Waals surface area contributed by atoms with Gasteiger partial charge in [-0.2, -0.15) is 0 Å². The fraction of sp³-hybridized carbons (Fsp3) is 0.552. The first kappa shape index (κ1) is 22.5. The Kier molecular flexibility index (Phi) is 7.30. The smallest absolute Gasteiger partial charge is 0.306 e. The Morgan fingerprint density at radius 3 is 1.85 bits per heavy atom. The van der Waals surface area contributed by atoms with E-state index in [1.165, 1.54) is 64.2 Å². The molecule has 2 fully saturated rings. The molecule has 2 aromatic rings. The highest BCUT2D eigenvalue weighted by atomic mass is 16.5. The summed E-state index contributed by atoms with van der Waals surface area (Å²) in [5.74, 6) is 1.55. The van der Waals surface area contributed by atoms with Crippen LogP contribution in [0.1, 0.15) is 87.7 Å². The Bertz CT molecular complexity index is 866. The molecule has 0 radical (unpaired) electrons. The maximum Gasteiger partial charge on any atom is 0.306 e. The fourth-order valence-electron chi connectivity index (χ4n) is 6.21. The molecule has 2 aliphatic carbocycles. The van der Waals surface area contributed by atoms with Gasteiger partial charge in [-0.25, -0.2) is 0 Å². The summed E-state index contributed by atoms with van der Waals surface area (Å²) in [5.41, 5.74) is 2.14. The summed E-state index contributed by atoms with van der Waals surface area (Å²) in [6, 6.07) is 17.4. The molecule has 0 amide bonds. The zero-order chi connectivity index (χ0) is 22.5. The van der Waals surface area contributed by atoms with E-state index in [0.717, 1.165) is 29.2 Å². The maximum absolute atomic E-state index is 13.0. The van der Waals surface area contributed by atoms with Crippen LogP contribution in [-0.2, 0) is 9.53 Å². The van der Waals surface area contributed by atoms with Gasteiger partial charge in [-0.3, -0.25) is 9.69 Å². The molecule has 4 heteroatoms. The van der Waals surface area contributed by atoms with Crippen molar-refractivity contribution >= 4 is 5.97 Å². The molecule has 4 nitrogen and oxygen atoms in total. The molecule has 0 unspecified atom stereocenters. The zero-order valence-electron chi connectivity index (χ0n) is 19.7. The molecule has 0 aromatic heterocycles. The average Bonchev–Trinajstić information content (AvgIpc) is 2.87. The summed E-state index contributed by atoms with van der Waals surface area (Å²) in [7, 11) is 0. The first-order chi connectivity index (χ1) is 16.3. The lowest BCUT2D eigenvalue weighted by molar-refractivity contribution is -0.144. The largest absolute Gasteiger partial charge is 0.464 e. The molecule has 0 bridgehead atoms. The third kappa shape index (κ3) is 5.27. The van der Waals surface area contributed by atoms with Crippen molar-refractivity contribution in [3.8, 4) is 11.5 Å². The van der Waals surface area contributed by atoms with Crippen molar-refractivity contribution in [1.29, 1.82) is 0 Å². The van der Waals surface area contributed by atoms with Crippen LogP contribution in [0.5, 0.6) is 11.5 Å². The SMILES string of the molecule is O=C(CC1c2ccccc2Oc2ccccc21)OCCN(C1CCCCC1)C1CCCCC1. The lowest BCUT2D eigenvalue weighted by Crippen LogP contribution is -2.46. The molecule has 0 N–H and O–H groups in total. The van der Waals surface area contributed by atoms with Crippen LogP contribution in [0.4, 0.5) is 0 Å². The fourth-order valence-corrected chi connectivity index (χ4v) is 6.21. The van der Waals surface area contributed by atoms with Gasteiger partial charge in [0.15, 0.2) is 0 Å². The first-order valence-electron chi connectivity index (χ1n) is 13.1. The molecule has 1 aliphatic heterocycles. The van der Waals surface area contributed by atoms with Gasteiger partial charge in [0.2, 0.25) is 0 Å². The van der Waals surface area contributed by atoms with Crippen LogP contribution in [0.2, 0.25) is 0 Å².